The molecule has 140 valence electrons. The lowest BCUT2D eigenvalue weighted by atomic mass is 9.85. The Morgan fingerprint density at radius 1 is 1.12 bits per heavy atom. The maximum Gasteiger partial charge on any atom is 0.177 e. The minimum Gasteiger partial charge on any atom is -0.349 e. The fourth-order valence-corrected chi connectivity index (χ4v) is 3.51. The third kappa shape index (κ3) is 4.53. The molecule has 0 bridgehead atoms. The molecule has 1 saturated heterocycles. The number of rotatable bonds is 4. The second-order valence-corrected chi connectivity index (χ2v) is 8.34. The lowest BCUT2D eigenvalue weighted by molar-refractivity contribution is -0.212. The normalized spacial score (nSPS) is 21.7. The van der Waals surface area contributed by atoms with Crippen molar-refractivity contribution in [2.24, 2.45) is 0 Å². The van der Waals surface area contributed by atoms with E-state index in [1.165, 1.54) is 22.3 Å². The summed E-state index contributed by atoms with van der Waals surface area (Å²) in [4.78, 5) is 2.32. The highest BCUT2D eigenvalue weighted by Gasteiger charge is 2.32. The molecule has 1 aliphatic rings. The van der Waals surface area contributed by atoms with Crippen molar-refractivity contribution in [3.8, 4) is 0 Å². The van der Waals surface area contributed by atoms with Gasteiger partial charge in [-0.25, -0.2) is 0 Å². The molecule has 1 heterocycles. The van der Waals surface area contributed by atoms with Crippen molar-refractivity contribution in [1.82, 2.24) is 4.90 Å². The molecule has 3 heteroatoms. The first kappa shape index (κ1) is 19.1. The van der Waals surface area contributed by atoms with Gasteiger partial charge in [-0.05, 0) is 36.1 Å². The largest absolute Gasteiger partial charge is 0.349 e. The highest BCUT2D eigenvalue weighted by Crippen LogP contribution is 2.30. The first-order valence-electron chi connectivity index (χ1n) is 9.44. The summed E-state index contributed by atoms with van der Waals surface area (Å²) in [5, 5.41) is 0. The monoisotopic (exact) mass is 353 g/mol. The lowest BCUT2D eigenvalue weighted by Crippen LogP contribution is -2.44. The highest BCUT2D eigenvalue weighted by atomic mass is 16.7. The van der Waals surface area contributed by atoms with Crippen LogP contribution in [-0.2, 0) is 21.5 Å². The van der Waals surface area contributed by atoms with Crippen LogP contribution >= 0.6 is 0 Å². The molecule has 1 aliphatic heterocycles. The topological polar surface area (TPSA) is 21.7 Å². The van der Waals surface area contributed by atoms with Crippen LogP contribution in [0.3, 0.4) is 0 Å². The van der Waals surface area contributed by atoms with E-state index in [4.69, 9.17) is 9.47 Å². The molecule has 26 heavy (non-hydrogen) atoms. The smallest absolute Gasteiger partial charge is 0.177 e. The Morgan fingerprint density at radius 2 is 1.85 bits per heavy atom. The predicted octanol–water partition coefficient (Wildman–Crippen LogP) is 4.84. The van der Waals surface area contributed by atoms with Crippen LogP contribution in [0, 0.1) is 6.92 Å². The minimum absolute atomic E-state index is 0.122. The van der Waals surface area contributed by atoms with E-state index in [0.717, 1.165) is 6.54 Å². The predicted molar refractivity (Wildman–Crippen MR) is 106 cm³/mol. The van der Waals surface area contributed by atoms with Crippen molar-refractivity contribution >= 4 is 0 Å². The average Bonchev–Trinajstić information content (AvgIpc) is 2.59. The number of nitrogens with zero attached hydrogens (tertiary/aromatic N) is 1. The SMILES string of the molecule is Cc1cc(COC2OCCN(C)C2c2ccccc2)cc(C(C)(C)C)c1. The zero-order valence-electron chi connectivity index (χ0n) is 16.7. The second kappa shape index (κ2) is 7.91. The number of hydrogen-bond donors (Lipinski definition) is 0. The summed E-state index contributed by atoms with van der Waals surface area (Å²) in [7, 11) is 2.14. The summed E-state index contributed by atoms with van der Waals surface area (Å²) < 4.78 is 12.3. The summed E-state index contributed by atoms with van der Waals surface area (Å²) in [6, 6.07) is 17.3. The van der Waals surface area contributed by atoms with E-state index in [1.807, 2.05) is 6.07 Å². The van der Waals surface area contributed by atoms with Crippen molar-refractivity contribution in [1.29, 1.82) is 0 Å². The van der Waals surface area contributed by atoms with Crippen LogP contribution in [0.5, 0.6) is 0 Å². The zero-order valence-corrected chi connectivity index (χ0v) is 16.7. The lowest BCUT2D eigenvalue weighted by Gasteiger charge is -2.39. The van der Waals surface area contributed by atoms with Crippen molar-refractivity contribution in [2.75, 3.05) is 20.2 Å². The number of ether oxygens (including phenoxy) is 2. The molecule has 2 atom stereocenters. The molecule has 0 spiro atoms. The van der Waals surface area contributed by atoms with Crippen LogP contribution in [0.15, 0.2) is 48.5 Å². The van der Waals surface area contributed by atoms with Gasteiger partial charge in [0.2, 0.25) is 0 Å². The fraction of sp³-hybridized carbons (Fsp3) is 0.478. The summed E-state index contributed by atoms with van der Waals surface area (Å²) >= 11 is 0. The van der Waals surface area contributed by atoms with Gasteiger partial charge in [0, 0.05) is 6.54 Å². The molecular formula is C23H31NO2. The number of benzene rings is 2. The second-order valence-electron chi connectivity index (χ2n) is 8.34. The van der Waals surface area contributed by atoms with Crippen LogP contribution in [0.2, 0.25) is 0 Å². The maximum absolute atomic E-state index is 6.27. The Balaban J connectivity index is 1.76. The molecule has 0 radical (unpaired) electrons. The molecule has 0 N–H and O–H groups in total. The maximum atomic E-state index is 6.27. The van der Waals surface area contributed by atoms with Gasteiger partial charge in [-0.15, -0.1) is 0 Å². The Hall–Kier alpha value is -1.68. The van der Waals surface area contributed by atoms with E-state index in [2.05, 4.69) is 82.1 Å². The van der Waals surface area contributed by atoms with E-state index in [0.29, 0.717) is 13.2 Å². The van der Waals surface area contributed by atoms with Gasteiger partial charge in [-0.1, -0.05) is 74.9 Å². The Labute approximate surface area is 157 Å². The molecule has 3 rings (SSSR count). The van der Waals surface area contributed by atoms with Gasteiger partial charge in [0.1, 0.15) is 0 Å². The van der Waals surface area contributed by atoms with Gasteiger partial charge >= 0.3 is 0 Å². The number of aryl methyl sites for hydroxylation is 1. The van der Waals surface area contributed by atoms with Crippen molar-refractivity contribution < 1.29 is 9.47 Å². The molecule has 0 amide bonds. The molecule has 1 fully saturated rings. The van der Waals surface area contributed by atoms with E-state index in [-0.39, 0.29) is 17.7 Å². The van der Waals surface area contributed by atoms with Crippen LogP contribution in [0.4, 0.5) is 0 Å². The van der Waals surface area contributed by atoms with Crippen LogP contribution < -0.4 is 0 Å². The summed E-state index contributed by atoms with van der Waals surface area (Å²) in [5.41, 5.74) is 5.20. The third-order valence-corrected chi connectivity index (χ3v) is 5.02. The van der Waals surface area contributed by atoms with Gasteiger partial charge in [0.15, 0.2) is 6.29 Å². The quantitative estimate of drug-likeness (QED) is 0.785. The third-order valence-electron chi connectivity index (χ3n) is 5.02. The molecule has 2 aromatic carbocycles. The van der Waals surface area contributed by atoms with E-state index in [9.17, 15) is 0 Å². The fourth-order valence-electron chi connectivity index (χ4n) is 3.51. The Kier molecular flexibility index (Phi) is 5.81. The number of morpholine rings is 1. The van der Waals surface area contributed by atoms with Crippen LogP contribution in [-0.4, -0.2) is 31.4 Å². The van der Waals surface area contributed by atoms with Crippen molar-refractivity contribution in [3.05, 3.63) is 70.8 Å². The highest BCUT2D eigenvalue weighted by molar-refractivity contribution is 5.33. The average molecular weight is 354 g/mol. The summed E-state index contributed by atoms with van der Waals surface area (Å²) in [5.74, 6) is 0. The molecule has 0 aromatic heterocycles. The molecule has 2 unspecified atom stereocenters. The Morgan fingerprint density at radius 3 is 2.54 bits per heavy atom. The molecule has 2 aromatic rings. The van der Waals surface area contributed by atoms with Gasteiger partial charge in [0.05, 0.1) is 19.3 Å². The van der Waals surface area contributed by atoms with Gasteiger partial charge in [-0.2, -0.15) is 0 Å². The Bertz CT molecular complexity index is 721. The van der Waals surface area contributed by atoms with Crippen molar-refractivity contribution in [3.63, 3.8) is 0 Å². The van der Waals surface area contributed by atoms with Crippen LogP contribution in [0.25, 0.3) is 0 Å². The first-order chi connectivity index (χ1) is 12.3. The molecular weight excluding hydrogens is 322 g/mol. The van der Waals surface area contributed by atoms with Crippen molar-refractivity contribution in [2.45, 2.75) is 52.0 Å². The first-order valence-corrected chi connectivity index (χ1v) is 9.44. The summed E-state index contributed by atoms with van der Waals surface area (Å²) in [6.07, 6.45) is -0.255. The minimum atomic E-state index is -0.255. The van der Waals surface area contributed by atoms with Gasteiger partial charge < -0.3 is 9.47 Å². The van der Waals surface area contributed by atoms with Gasteiger partial charge in [0.25, 0.3) is 0 Å². The van der Waals surface area contributed by atoms with Crippen LogP contribution in [0.1, 0.15) is 49.1 Å². The van der Waals surface area contributed by atoms with Gasteiger partial charge in [-0.3, -0.25) is 4.90 Å². The zero-order chi connectivity index (χ0) is 18.7. The molecule has 0 saturated carbocycles. The number of likely N-dealkylation sites (N-methyl/N-ethyl adjacent to an activating group) is 1. The van der Waals surface area contributed by atoms with E-state index >= 15 is 0 Å². The standard InChI is InChI=1S/C23H31NO2/c1-17-13-18(15-20(14-17)23(2,3)4)16-26-22-21(24(5)11-12-25-22)19-9-7-6-8-10-19/h6-10,13-15,21-22H,11-12,16H2,1-5H3. The number of hydrogen-bond acceptors (Lipinski definition) is 3. The van der Waals surface area contributed by atoms with E-state index < -0.39 is 0 Å². The molecule has 0 aliphatic carbocycles. The molecule has 3 nitrogen and oxygen atoms in total. The summed E-state index contributed by atoms with van der Waals surface area (Å²) in [6.45, 7) is 11.1. The van der Waals surface area contributed by atoms with E-state index in [1.54, 1.807) is 0 Å².